The Morgan fingerprint density at radius 2 is 1.65 bits per heavy atom. The first kappa shape index (κ1) is 18.1. The minimum absolute atomic E-state index is 0.337. The molecular formula is C21H16Br2FNS. The third-order valence-electron chi connectivity index (χ3n) is 4.34. The van der Waals surface area contributed by atoms with Gasteiger partial charge in [-0.3, -0.25) is 0 Å². The highest BCUT2D eigenvalue weighted by molar-refractivity contribution is 9.11. The van der Waals surface area contributed by atoms with Crippen LogP contribution >= 0.6 is 43.6 Å². The molecule has 0 saturated carbocycles. The van der Waals surface area contributed by atoms with Crippen LogP contribution in [0, 0.1) is 0 Å². The van der Waals surface area contributed by atoms with Gasteiger partial charge in [-0.05, 0) is 46.3 Å². The van der Waals surface area contributed by atoms with Crippen molar-refractivity contribution in [1.82, 2.24) is 4.57 Å². The minimum atomic E-state index is -0.935. The van der Waals surface area contributed by atoms with Gasteiger partial charge >= 0.3 is 0 Å². The molecule has 132 valence electrons. The molecule has 0 aliphatic heterocycles. The third kappa shape index (κ3) is 3.57. The van der Waals surface area contributed by atoms with Crippen LogP contribution in [0.3, 0.4) is 0 Å². The number of nitrogens with zero attached hydrogens (tertiary/aromatic N) is 1. The average molecular weight is 493 g/mol. The van der Waals surface area contributed by atoms with Crippen molar-refractivity contribution in [2.75, 3.05) is 5.75 Å². The molecule has 1 unspecified atom stereocenters. The van der Waals surface area contributed by atoms with E-state index >= 15 is 0 Å². The summed E-state index contributed by atoms with van der Waals surface area (Å²) in [4.78, 5) is 1.10. The third-order valence-corrected chi connectivity index (χ3v) is 6.53. The number of thioether (sulfide) groups is 1. The standard InChI is InChI=1S/C21H16Br2FNS/c22-14-10-18-17-8-4-5-9-20(17)25(21(18)19(23)11-14)12-15(24)13-26-16-6-2-1-3-7-16/h1-11,15H,12-13H2. The molecule has 4 aromatic rings. The van der Waals surface area contributed by atoms with Crippen molar-refractivity contribution in [2.24, 2.45) is 0 Å². The Hall–Kier alpha value is -1.30. The summed E-state index contributed by atoms with van der Waals surface area (Å²) in [5.41, 5.74) is 2.11. The monoisotopic (exact) mass is 491 g/mol. The predicted octanol–water partition coefficient (Wildman–Crippen LogP) is 7.45. The molecule has 1 heterocycles. The van der Waals surface area contributed by atoms with E-state index < -0.39 is 6.17 Å². The lowest BCUT2D eigenvalue weighted by Crippen LogP contribution is -2.14. The number of hydrogen-bond donors (Lipinski definition) is 0. The molecule has 0 aliphatic carbocycles. The van der Waals surface area contributed by atoms with Gasteiger partial charge in [0.1, 0.15) is 6.17 Å². The molecule has 1 atom stereocenters. The van der Waals surface area contributed by atoms with E-state index in [2.05, 4.69) is 54.6 Å². The number of para-hydroxylation sites is 1. The number of fused-ring (bicyclic) bond motifs is 3. The Labute approximate surface area is 172 Å². The van der Waals surface area contributed by atoms with Crippen molar-refractivity contribution in [3.63, 3.8) is 0 Å². The van der Waals surface area contributed by atoms with E-state index in [1.165, 1.54) is 0 Å². The Kier molecular flexibility index (Phi) is 5.39. The van der Waals surface area contributed by atoms with Crippen molar-refractivity contribution in [3.05, 3.63) is 75.7 Å². The fraction of sp³-hybridized carbons (Fsp3) is 0.143. The second kappa shape index (κ2) is 7.75. The molecule has 0 aliphatic rings. The first-order chi connectivity index (χ1) is 12.6. The number of benzene rings is 3. The first-order valence-corrected chi connectivity index (χ1v) is 10.9. The molecule has 5 heteroatoms. The molecular weight excluding hydrogens is 477 g/mol. The summed E-state index contributed by atoms with van der Waals surface area (Å²) in [7, 11) is 0. The van der Waals surface area contributed by atoms with Gasteiger partial charge in [0, 0.05) is 35.9 Å². The summed E-state index contributed by atoms with van der Waals surface area (Å²) in [5.74, 6) is 0.437. The van der Waals surface area contributed by atoms with E-state index in [9.17, 15) is 4.39 Å². The summed E-state index contributed by atoms with van der Waals surface area (Å²) in [6.07, 6.45) is -0.935. The van der Waals surface area contributed by atoms with Crippen molar-refractivity contribution < 1.29 is 4.39 Å². The second-order valence-electron chi connectivity index (χ2n) is 6.13. The van der Waals surface area contributed by atoms with Crippen LogP contribution in [0.4, 0.5) is 4.39 Å². The first-order valence-electron chi connectivity index (χ1n) is 8.31. The molecule has 26 heavy (non-hydrogen) atoms. The number of halogens is 3. The van der Waals surface area contributed by atoms with E-state index in [1.54, 1.807) is 11.8 Å². The fourth-order valence-electron chi connectivity index (χ4n) is 3.25. The van der Waals surface area contributed by atoms with Gasteiger partial charge in [0.25, 0.3) is 0 Å². The number of aromatic nitrogens is 1. The van der Waals surface area contributed by atoms with Crippen molar-refractivity contribution in [3.8, 4) is 0 Å². The molecule has 3 aromatic carbocycles. The van der Waals surface area contributed by atoms with Crippen LogP contribution in [0.1, 0.15) is 0 Å². The van der Waals surface area contributed by atoms with E-state index in [1.807, 2.05) is 48.5 Å². The Morgan fingerprint density at radius 1 is 0.923 bits per heavy atom. The lowest BCUT2D eigenvalue weighted by Gasteiger charge is -2.13. The quantitative estimate of drug-likeness (QED) is 0.262. The molecule has 1 aromatic heterocycles. The lowest BCUT2D eigenvalue weighted by atomic mass is 10.2. The van der Waals surface area contributed by atoms with Crippen LogP contribution in [0.2, 0.25) is 0 Å². The van der Waals surface area contributed by atoms with Gasteiger partial charge in [0.05, 0.1) is 12.1 Å². The largest absolute Gasteiger partial charge is 0.337 e. The zero-order valence-corrected chi connectivity index (χ0v) is 17.8. The van der Waals surface area contributed by atoms with Crippen molar-refractivity contribution in [1.29, 1.82) is 0 Å². The van der Waals surface area contributed by atoms with Crippen molar-refractivity contribution in [2.45, 2.75) is 17.6 Å². The molecule has 0 N–H and O–H groups in total. The van der Waals surface area contributed by atoms with Crippen LogP contribution in [-0.2, 0) is 6.54 Å². The van der Waals surface area contributed by atoms with Gasteiger partial charge in [-0.2, -0.15) is 0 Å². The summed E-state index contributed by atoms with van der Waals surface area (Å²) < 4.78 is 18.9. The SMILES string of the molecule is FC(CSc1ccccc1)Cn1c2ccccc2c2cc(Br)cc(Br)c21. The van der Waals surface area contributed by atoms with Crippen LogP contribution in [-0.4, -0.2) is 16.5 Å². The number of alkyl halides is 1. The predicted molar refractivity (Wildman–Crippen MR) is 117 cm³/mol. The molecule has 0 amide bonds. The molecule has 0 bridgehead atoms. The van der Waals surface area contributed by atoms with Crippen LogP contribution in [0.25, 0.3) is 21.8 Å². The van der Waals surface area contributed by atoms with E-state index in [-0.39, 0.29) is 0 Å². The molecule has 1 nitrogen and oxygen atoms in total. The van der Waals surface area contributed by atoms with Gasteiger partial charge < -0.3 is 4.57 Å². The number of rotatable bonds is 5. The Morgan fingerprint density at radius 3 is 2.46 bits per heavy atom. The summed E-state index contributed by atoms with van der Waals surface area (Å²) in [5, 5.41) is 2.28. The van der Waals surface area contributed by atoms with Crippen LogP contribution in [0.5, 0.6) is 0 Å². The minimum Gasteiger partial charge on any atom is -0.337 e. The van der Waals surface area contributed by atoms with Gasteiger partial charge in [0.2, 0.25) is 0 Å². The van der Waals surface area contributed by atoms with E-state index in [0.717, 1.165) is 35.6 Å². The Bertz CT molecular complexity index is 1060. The highest BCUT2D eigenvalue weighted by Gasteiger charge is 2.17. The molecule has 0 spiro atoms. The fourth-order valence-corrected chi connectivity index (χ4v) is 5.51. The van der Waals surface area contributed by atoms with Gasteiger partial charge in [0.15, 0.2) is 0 Å². The molecule has 0 saturated heterocycles. The normalized spacial score (nSPS) is 12.7. The maximum atomic E-state index is 14.9. The average Bonchev–Trinajstić information content (AvgIpc) is 2.95. The summed E-state index contributed by atoms with van der Waals surface area (Å²) in [6.45, 7) is 0.337. The van der Waals surface area contributed by atoms with Crippen LogP contribution in [0.15, 0.2) is 80.6 Å². The highest BCUT2D eigenvalue weighted by Crippen LogP contribution is 2.36. The van der Waals surface area contributed by atoms with E-state index in [0.29, 0.717) is 12.3 Å². The van der Waals surface area contributed by atoms with Crippen LogP contribution < -0.4 is 0 Å². The zero-order valence-electron chi connectivity index (χ0n) is 13.8. The maximum Gasteiger partial charge on any atom is 0.127 e. The number of hydrogen-bond acceptors (Lipinski definition) is 1. The van der Waals surface area contributed by atoms with Gasteiger partial charge in [-0.15, -0.1) is 11.8 Å². The zero-order chi connectivity index (χ0) is 18.1. The van der Waals surface area contributed by atoms with Gasteiger partial charge in [-0.25, -0.2) is 4.39 Å². The highest BCUT2D eigenvalue weighted by atomic mass is 79.9. The topological polar surface area (TPSA) is 4.93 Å². The molecule has 4 rings (SSSR count). The Balaban J connectivity index is 1.68. The summed E-state index contributed by atoms with van der Waals surface area (Å²) in [6, 6.07) is 22.3. The van der Waals surface area contributed by atoms with E-state index in [4.69, 9.17) is 0 Å². The lowest BCUT2D eigenvalue weighted by molar-refractivity contribution is 0.333. The smallest absolute Gasteiger partial charge is 0.127 e. The van der Waals surface area contributed by atoms with Crippen molar-refractivity contribution >= 4 is 65.4 Å². The van der Waals surface area contributed by atoms with Gasteiger partial charge in [-0.1, -0.05) is 52.3 Å². The second-order valence-corrected chi connectivity index (χ2v) is 9.00. The summed E-state index contributed by atoms with van der Waals surface area (Å²) >= 11 is 8.79. The maximum absolute atomic E-state index is 14.9. The molecule has 0 radical (unpaired) electrons. The molecule has 0 fully saturated rings.